The normalized spacial score (nSPS) is 15.7. The fraction of sp³-hybridized carbons (Fsp3) is 0.571. The summed E-state index contributed by atoms with van der Waals surface area (Å²) in [5.41, 5.74) is -4.88. The first-order chi connectivity index (χ1) is 9.33. The summed E-state index contributed by atoms with van der Waals surface area (Å²) in [4.78, 5) is 0. The summed E-state index contributed by atoms with van der Waals surface area (Å²) in [6, 6.07) is 1.97. The predicted molar refractivity (Wildman–Crippen MR) is 67.2 cm³/mol. The Balaban J connectivity index is 3.35. The lowest BCUT2D eigenvalue weighted by Gasteiger charge is -2.36. The molecule has 1 aromatic carbocycles. The molecule has 0 aliphatic rings. The standard InChI is InChI=1S/C14H17F5O2/c1-12(2,7-13(3,20)14(17,18)19)10-9(21-4)6-5-8(15)11(10)16/h5-6,20H,7H2,1-4H3. The number of halogens is 5. The topological polar surface area (TPSA) is 29.5 Å². The summed E-state index contributed by atoms with van der Waals surface area (Å²) in [6.45, 7) is 3.17. The van der Waals surface area contributed by atoms with E-state index in [2.05, 4.69) is 0 Å². The molecule has 1 rings (SSSR count). The van der Waals surface area contributed by atoms with Crippen LogP contribution in [0.25, 0.3) is 0 Å². The Bertz CT molecular complexity index is 521. The number of aliphatic hydroxyl groups is 1. The lowest BCUT2D eigenvalue weighted by molar-refractivity contribution is -0.259. The molecule has 1 unspecified atom stereocenters. The van der Waals surface area contributed by atoms with Crippen LogP contribution < -0.4 is 4.74 Å². The molecule has 0 heterocycles. The van der Waals surface area contributed by atoms with E-state index in [0.29, 0.717) is 6.92 Å². The van der Waals surface area contributed by atoms with Crippen LogP contribution in [0.15, 0.2) is 12.1 Å². The molecule has 0 saturated carbocycles. The maximum absolute atomic E-state index is 14.0. The van der Waals surface area contributed by atoms with Gasteiger partial charge in [-0.1, -0.05) is 13.8 Å². The van der Waals surface area contributed by atoms with Crippen LogP contribution in [0.5, 0.6) is 5.75 Å². The molecule has 0 aliphatic heterocycles. The van der Waals surface area contributed by atoms with Crippen LogP contribution in [0.4, 0.5) is 22.0 Å². The third-order valence-corrected chi connectivity index (χ3v) is 3.35. The fourth-order valence-electron chi connectivity index (χ4n) is 2.38. The van der Waals surface area contributed by atoms with Crippen molar-refractivity contribution in [2.24, 2.45) is 0 Å². The van der Waals surface area contributed by atoms with Crippen molar-refractivity contribution in [3.05, 3.63) is 29.3 Å². The maximum atomic E-state index is 14.0. The molecule has 1 atom stereocenters. The Kier molecular flexibility index (Phi) is 4.58. The third kappa shape index (κ3) is 3.45. The molecule has 0 amide bonds. The van der Waals surface area contributed by atoms with E-state index in [-0.39, 0.29) is 11.3 Å². The van der Waals surface area contributed by atoms with Gasteiger partial charge in [-0.2, -0.15) is 13.2 Å². The number of ether oxygens (including phenoxy) is 1. The molecule has 7 heteroatoms. The van der Waals surface area contributed by atoms with Gasteiger partial charge in [0.2, 0.25) is 0 Å². The summed E-state index contributed by atoms with van der Waals surface area (Å²) in [5, 5.41) is 9.59. The Labute approximate surface area is 119 Å². The second kappa shape index (κ2) is 5.44. The summed E-state index contributed by atoms with van der Waals surface area (Å²) < 4.78 is 70.7. The van der Waals surface area contributed by atoms with Crippen LogP contribution in [0.2, 0.25) is 0 Å². The monoisotopic (exact) mass is 312 g/mol. The first-order valence-electron chi connectivity index (χ1n) is 6.15. The van der Waals surface area contributed by atoms with E-state index in [1.54, 1.807) is 0 Å². The van der Waals surface area contributed by atoms with Gasteiger partial charge in [0.1, 0.15) is 5.75 Å². The number of hydrogen-bond acceptors (Lipinski definition) is 2. The summed E-state index contributed by atoms with van der Waals surface area (Å²) in [6.07, 6.45) is -5.73. The van der Waals surface area contributed by atoms with Gasteiger partial charge in [-0.05, 0) is 30.9 Å². The van der Waals surface area contributed by atoms with Crippen molar-refractivity contribution < 1.29 is 31.8 Å². The van der Waals surface area contributed by atoms with Crippen molar-refractivity contribution in [1.82, 2.24) is 0 Å². The number of alkyl halides is 3. The van der Waals surface area contributed by atoms with Gasteiger partial charge in [0.25, 0.3) is 0 Å². The molecule has 1 N–H and O–H groups in total. The second-order valence-electron chi connectivity index (χ2n) is 5.77. The van der Waals surface area contributed by atoms with Gasteiger partial charge < -0.3 is 9.84 Å². The largest absolute Gasteiger partial charge is 0.496 e. The van der Waals surface area contributed by atoms with E-state index in [0.717, 1.165) is 12.1 Å². The van der Waals surface area contributed by atoms with Crippen molar-refractivity contribution in [2.75, 3.05) is 7.11 Å². The van der Waals surface area contributed by atoms with Gasteiger partial charge in [-0.3, -0.25) is 0 Å². The summed E-state index contributed by atoms with van der Waals surface area (Å²) in [7, 11) is 1.20. The quantitative estimate of drug-likeness (QED) is 0.853. The number of benzene rings is 1. The van der Waals surface area contributed by atoms with Crippen molar-refractivity contribution >= 4 is 0 Å². The highest BCUT2D eigenvalue weighted by Gasteiger charge is 2.53. The van der Waals surface area contributed by atoms with Crippen LogP contribution in [-0.4, -0.2) is 24.0 Å². The van der Waals surface area contributed by atoms with E-state index in [1.165, 1.54) is 21.0 Å². The molecule has 120 valence electrons. The van der Waals surface area contributed by atoms with Crippen LogP contribution >= 0.6 is 0 Å². The molecule has 0 fully saturated rings. The zero-order valence-electron chi connectivity index (χ0n) is 12.1. The highest BCUT2D eigenvalue weighted by molar-refractivity contribution is 5.41. The Hall–Kier alpha value is -1.37. The number of rotatable bonds is 4. The van der Waals surface area contributed by atoms with Gasteiger partial charge in [0.05, 0.1) is 7.11 Å². The van der Waals surface area contributed by atoms with E-state index < -0.39 is 35.2 Å². The average molecular weight is 312 g/mol. The highest BCUT2D eigenvalue weighted by atomic mass is 19.4. The molecular formula is C14H17F5O2. The van der Waals surface area contributed by atoms with E-state index >= 15 is 0 Å². The molecule has 0 radical (unpaired) electrons. The van der Waals surface area contributed by atoms with Crippen LogP contribution in [0.1, 0.15) is 32.8 Å². The van der Waals surface area contributed by atoms with Crippen molar-refractivity contribution in [2.45, 2.75) is 44.4 Å². The minimum absolute atomic E-state index is 0.0723. The highest BCUT2D eigenvalue weighted by Crippen LogP contribution is 2.44. The number of hydrogen-bond donors (Lipinski definition) is 1. The molecule has 21 heavy (non-hydrogen) atoms. The first kappa shape index (κ1) is 17.7. The zero-order chi connectivity index (χ0) is 16.6. The minimum atomic E-state index is -4.89. The van der Waals surface area contributed by atoms with E-state index in [4.69, 9.17) is 4.74 Å². The Morgan fingerprint density at radius 2 is 1.62 bits per heavy atom. The van der Waals surface area contributed by atoms with Crippen molar-refractivity contribution in [1.29, 1.82) is 0 Å². The maximum Gasteiger partial charge on any atom is 0.416 e. The van der Waals surface area contributed by atoms with Gasteiger partial charge in [0.15, 0.2) is 17.2 Å². The van der Waals surface area contributed by atoms with E-state index in [9.17, 15) is 27.1 Å². The SMILES string of the molecule is COc1ccc(F)c(F)c1C(C)(C)CC(C)(O)C(F)(F)F. The molecular weight excluding hydrogens is 295 g/mol. The van der Waals surface area contributed by atoms with Gasteiger partial charge in [-0.15, -0.1) is 0 Å². The second-order valence-corrected chi connectivity index (χ2v) is 5.77. The third-order valence-electron chi connectivity index (χ3n) is 3.35. The van der Waals surface area contributed by atoms with Gasteiger partial charge >= 0.3 is 6.18 Å². The molecule has 1 aromatic rings. The molecule has 0 aromatic heterocycles. The zero-order valence-corrected chi connectivity index (χ0v) is 12.1. The van der Waals surface area contributed by atoms with Crippen LogP contribution in [0.3, 0.4) is 0 Å². The minimum Gasteiger partial charge on any atom is -0.496 e. The van der Waals surface area contributed by atoms with Crippen molar-refractivity contribution in [3.63, 3.8) is 0 Å². The molecule has 0 spiro atoms. The summed E-state index contributed by atoms with van der Waals surface area (Å²) in [5.74, 6) is -2.54. The van der Waals surface area contributed by atoms with Crippen LogP contribution in [-0.2, 0) is 5.41 Å². The Morgan fingerprint density at radius 3 is 2.05 bits per heavy atom. The summed E-state index contributed by atoms with van der Waals surface area (Å²) >= 11 is 0. The van der Waals surface area contributed by atoms with Gasteiger partial charge in [-0.25, -0.2) is 8.78 Å². The fourth-order valence-corrected chi connectivity index (χ4v) is 2.38. The lowest BCUT2D eigenvalue weighted by Crippen LogP contribution is -2.46. The van der Waals surface area contributed by atoms with Gasteiger partial charge in [0, 0.05) is 5.56 Å². The average Bonchev–Trinajstić information content (AvgIpc) is 2.29. The first-order valence-corrected chi connectivity index (χ1v) is 6.15. The van der Waals surface area contributed by atoms with Crippen LogP contribution in [0, 0.1) is 11.6 Å². The molecule has 0 aliphatic carbocycles. The molecule has 0 bridgehead atoms. The molecule has 2 nitrogen and oxygen atoms in total. The lowest BCUT2D eigenvalue weighted by atomic mass is 9.75. The van der Waals surface area contributed by atoms with E-state index in [1.807, 2.05) is 0 Å². The van der Waals surface area contributed by atoms with Crippen molar-refractivity contribution in [3.8, 4) is 5.75 Å². The number of methoxy groups -OCH3 is 1. The smallest absolute Gasteiger partial charge is 0.416 e. The Morgan fingerprint density at radius 1 is 1.10 bits per heavy atom. The molecule has 0 saturated heterocycles. The predicted octanol–water partition coefficient (Wildman–Crippen LogP) is 3.95.